The summed E-state index contributed by atoms with van der Waals surface area (Å²) in [5.41, 5.74) is 0.0517. The summed E-state index contributed by atoms with van der Waals surface area (Å²) < 4.78 is 6.10. The zero-order valence-electron chi connectivity index (χ0n) is 18.1. The van der Waals surface area contributed by atoms with Crippen LogP contribution in [-0.4, -0.2) is 23.3 Å². The Morgan fingerprint density at radius 1 is 0.926 bits per heavy atom. The van der Waals surface area contributed by atoms with E-state index in [9.17, 15) is 9.90 Å². The predicted octanol–water partition coefficient (Wildman–Crippen LogP) is 5.35. The standard InChI is InChI=1S/C24H40O3/c1-22(2,3)21(26)27-20-11-10-18-17-9-7-15-6-8-16(25)14-24(15,5)19(17)12-13-23(18,20)4/h15-20,25H,6-14H2,1-5H3/t15?,16?,17-,18-,19+,20?,23-,24-/m0/s1. The largest absolute Gasteiger partial charge is 0.461 e. The Bertz CT molecular complexity index is 593. The minimum absolute atomic E-state index is 0.0393. The maximum Gasteiger partial charge on any atom is 0.311 e. The van der Waals surface area contributed by atoms with Gasteiger partial charge in [0.25, 0.3) is 0 Å². The lowest BCUT2D eigenvalue weighted by Gasteiger charge is -2.60. The molecule has 0 heterocycles. The number of aliphatic hydroxyl groups is 1. The average molecular weight is 377 g/mol. The van der Waals surface area contributed by atoms with Crippen LogP contribution in [0.25, 0.3) is 0 Å². The molecule has 1 N–H and O–H groups in total. The van der Waals surface area contributed by atoms with Crippen LogP contribution in [0.2, 0.25) is 0 Å². The SMILES string of the molecule is CC(C)(C)C(=O)OC1CC[C@H]2[C@@H]3CCC4CCC(O)C[C@]4(C)[C@@H]3CC[C@]12C. The van der Waals surface area contributed by atoms with Crippen LogP contribution in [0.3, 0.4) is 0 Å². The van der Waals surface area contributed by atoms with Gasteiger partial charge >= 0.3 is 5.97 Å². The van der Waals surface area contributed by atoms with Crippen LogP contribution >= 0.6 is 0 Å². The van der Waals surface area contributed by atoms with Crippen LogP contribution in [0.15, 0.2) is 0 Å². The van der Waals surface area contributed by atoms with Crippen molar-refractivity contribution in [2.45, 2.75) is 105 Å². The second-order valence-corrected chi connectivity index (χ2v) is 11.9. The monoisotopic (exact) mass is 376 g/mol. The van der Waals surface area contributed by atoms with Crippen LogP contribution < -0.4 is 0 Å². The van der Waals surface area contributed by atoms with Crippen LogP contribution in [0.1, 0.15) is 92.4 Å². The predicted molar refractivity (Wildman–Crippen MR) is 107 cm³/mol. The highest BCUT2D eigenvalue weighted by molar-refractivity contribution is 5.75. The zero-order chi connectivity index (χ0) is 19.6. The van der Waals surface area contributed by atoms with Crippen molar-refractivity contribution < 1.29 is 14.6 Å². The van der Waals surface area contributed by atoms with Crippen molar-refractivity contribution in [2.75, 3.05) is 0 Å². The molecule has 0 aromatic rings. The molecular formula is C24H40O3. The molecule has 0 aromatic carbocycles. The number of fused-ring (bicyclic) bond motifs is 5. The fourth-order valence-corrected chi connectivity index (χ4v) is 7.78. The van der Waals surface area contributed by atoms with E-state index in [0.29, 0.717) is 11.3 Å². The first-order valence-electron chi connectivity index (χ1n) is 11.4. The summed E-state index contributed by atoms with van der Waals surface area (Å²) in [6.45, 7) is 10.8. The molecule has 0 saturated heterocycles. The first-order valence-corrected chi connectivity index (χ1v) is 11.4. The summed E-state index contributed by atoms with van der Waals surface area (Å²) in [7, 11) is 0. The molecule has 4 aliphatic carbocycles. The summed E-state index contributed by atoms with van der Waals surface area (Å²) in [6, 6.07) is 0. The highest BCUT2D eigenvalue weighted by Crippen LogP contribution is 2.66. The Morgan fingerprint density at radius 3 is 2.30 bits per heavy atom. The van der Waals surface area contributed by atoms with E-state index < -0.39 is 5.41 Å². The van der Waals surface area contributed by atoms with Gasteiger partial charge in [0.15, 0.2) is 0 Å². The Balaban J connectivity index is 1.54. The number of esters is 1. The lowest BCUT2D eigenvalue weighted by molar-refractivity contribution is -0.173. The lowest BCUT2D eigenvalue weighted by Crippen LogP contribution is -2.55. The van der Waals surface area contributed by atoms with E-state index in [2.05, 4.69) is 13.8 Å². The van der Waals surface area contributed by atoms with Gasteiger partial charge in [-0.3, -0.25) is 4.79 Å². The van der Waals surface area contributed by atoms with Gasteiger partial charge in [0, 0.05) is 5.41 Å². The molecule has 0 aromatic heterocycles. The van der Waals surface area contributed by atoms with Crippen LogP contribution in [-0.2, 0) is 9.53 Å². The summed E-state index contributed by atoms with van der Waals surface area (Å²) in [5, 5.41) is 10.4. The normalized spacial score (nSPS) is 49.7. The van der Waals surface area contributed by atoms with Crippen molar-refractivity contribution in [1.29, 1.82) is 0 Å². The molecule has 154 valence electrons. The molecule has 0 amide bonds. The van der Waals surface area contributed by atoms with Gasteiger partial charge in [-0.15, -0.1) is 0 Å². The third kappa shape index (κ3) is 3.07. The molecule has 4 saturated carbocycles. The average Bonchev–Trinajstić information content (AvgIpc) is 2.90. The van der Waals surface area contributed by atoms with E-state index in [0.717, 1.165) is 37.0 Å². The second kappa shape index (κ2) is 6.47. The fourth-order valence-electron chi connectivity index (χ4n) is 7.78. The van der Waals surface area contributed by atoms with Crippen LogP contribution in [0, 0.1) is 39.9 Å². The summed E-state index contributed by atoms with van der Waals surface area (Å²) in [5.74, 6) is 2.96. The van der Waals surface area contributed by atoms with Gasteiger partial charge in [-0.05, 0) is 108 Å². The number of hydrogen-bond acceptors (Lipinski definition) is 3. The van der Waals surface area contributed by atoms with Crippen molar-refractivity contribution in [1.82, 2.24) is 0 Å². The zero-order valence-corrected chi connectivity index (χ0v) is 18.1. The quantitative estimate of drug-likeness (QED) is 0.628. The Morgan fingerprint density at radius 2 is 1.59 bits per heavy atom. The molecule has 27 heavy (non-hydrogen) atoms. The molecule has 4 aliphatic rings. The fraction of sp³-hybridized carbons (Fsp3) is 0.958. The Kier molecular flexibility index (Phi) is 4.73. The summed E-state index contributed by atoms with van der Waals surface area (Å²) in [4.78, 5) is 12.5. The van der Waals surface area contributed by atoms with Crippen molar-refractivity contribution in [2.24, 2.45) is 39.9 Å². The molecule has 4 rings (SSSR count). The maximum atomic E-state index is 12.5. The van der Waals surface area contributed by atoms with Crippen LogP contribution in [0.4, 0.5) is 0 Å². The molecule has 3 unspecified atom stereocenters. The number of carbonyl (C=O) groups excluding carboxylic acids is 1. The Labute approximate surface area is 165 Å². The van der Waals surface area contributed by atoms with Gasteiger partial charge in [0.05, 0.1) is 11.5 Å². The molecule has 8 atom stereocenters. The van der Waals surface area contributed by atoms with E-state index in [1.54, 1.807) is 0 Å². The molecule has 3 heteroatoms. The number of rotatable bonds is 1. The van der Waals surface area contributed by atoms with Crippen molar-refractivity contribution in [3.8, 4) is 0 Å². The highest BCUT2D eigenvalue weighted by Gasteiger charge is 2.61. The van der Waals surface area contributed by atoms with Gasteiger partial charge in [0.1, 0.15) is 6.10 Å². The van der Waals surface area contributed by atoms with E-state index in [1.165, 1.54) is 38.5 Å². The summed E-state index contributed by atoms with van der Waals surface area (Å²) >= 11 is 0. The molecule has 0 spiro atoms. The number of hydrogen-bond donors (Lipinski definition) is 1. The van der Waals surface area contributed by atoms with Crippen LogP contribution in [0.5, 0.6) is 0 Å². The van der Waals surface area contributed by atoms with Gasteiger partial charge in [-0.25, -0.2) is 0 Å². The lowest BCUT2D eigenvalue weighted by atomic mass is 9.45. The molecular weight excluding hydrogens is 336 g/mol. The van der Waals surface area contributed by atoms with Crippen molar-refractivity contribution in [3.63, 3.8) is 0 Å². The number of aliphatic hydroxyl groups excluding tert-OH is 1. The minimum atomic E-state index is -0.421. The molecule has 3 nitrogen and oxygen atoms in total. The van der Waals surface area contributed by atoms with Gasteiger partial charge in [-0.1, -0.05) is 13.8 Å². The maximum absolute atomic E-state index is 12.5. The molecule has 0 bridgehead atoms. The Hall–Kier alpha value is -0.570. The second-order valence-electron chi connectivity index (χ2n) is 11.9. The molecule has 4 fully saturated rings. The van der Waals surface area contributed by atoms with Crippen molar-refractivity contribution >= 4 is 5.97 Å². The first-order chi connectivity index (χ1) is 12.6. The number of carbonyl (C=O) groups is 1. The van der Waals surface area contributed by atoms with E-state index >= 15 is 0 Å². The van der Waals surface area contributed by atoms with Crippen molar-refractivity contribution in [3.05, 3.63) is 0 Å². The summed E-state index contributed by atoms with van der Waals surface area (Å²) in [6.07, 6.45) is 10.6. The third-order valence-corrected chi connectivity index (χ3v) is 9.36. The van der Waals surface area contributed by atoms with Gasteiger partial charge < -0.3 is 9.84 Å². The molecule has 0 aliphatic heterocycles. The molecule has 0 radical (unpaired) electrons. The smallest absolute Gasteiger partial charge is 0.311 e. The first kappa shape index (κ1) is 19.7. The van der Waals surface area contributed by atoms with Gasteiger partial charge in [0.2, 0.25) is 0 Å². The number of ether oxygens (including phenoxy) is 1. The van der Waals surface area contributed by atoms with E-state index in [-0.39, 0.29) is 23.6 Å². The van der Waals surface area contributed by atoms with Gasteiger partial charge in [-0.2, -0.15) is 0 Å². The highest BCUT2D eigenvalue weighted by atomic mass is 16.5. The van der Waals surface area contributed by atoms with E-state index in [4.69, 9.17) is 4.74 Å². The topological polar surface area (TPSA) is 46.5 Å². The minimum Gasteiger partial charge on any atom is -0.461 e. The third-order valence-electron chi connectivity index (χ3n) is 9.36. The van der Waals surface area contributed by atoms with E-state index in [1.807, 2.05) is 20.8 Å².